The Balaban J connectivity index is 4.25. The van der Waals surface area contributed by atoms with Crippen molar-refractivity contribution in [3.05, 3.63) is 0 Å². The second-order valence-electron chi connectivity index (χ2n) is 2.93. The Morgan fingerprint density at radius 2 is 1.93 bits per heavy atom. The molecule has 14 heavy (non-hydrogen) atoms. The van der Waals surface area contributed by atoms with Gasteiger partial charge in [0.2, 0.25) is 0 Å². The molecular formula is C8H15F3N2O. The van der Waals surface area contributed by atoms with E-state index >= 15 is 0 Å². The number of amides is 1. The maximum atomic E-state index is 12.0. The Morgan fingerprint density at radius 3 is 2.29 bits per heavy atom. The van der Waals surface area contributed by atoms with Gasteiger partial charge in [-0.3, -0.25) is 4.79 Å². The van der Waals surface area contributed by atoms with Gasteiger partial charge in [0.25, 0.3) is 0 Å². The molecule has 0 fully saturated rings. The fraction of sp³-hybridized carbons (Fsp3) is 0.875. The van der Waals surface area contributed by atoms with Gasteiger partial charge in [-0.25, -0.2) is 0 Å². The minimum atomic E-state index is -4.79. The number of halogens is 3. The van der Waals surface area contributed by atoms with Crippen LogP contribution in [0.1, 0.15) is 19.8 Å². The average Bonchev–Trinajstić information content (AvgIpc) is 2.09. The SMILES string of the molecule is CCCCN(CCN)C(=O)C(F)(F)F. The number of carbonyl (C=O) groups is 1. The lowest BCUT2D eigenvalue weighted by molar-refractivity contribution is -0.185. The van der Waals surface area contributed by atoms with Crippen molar-refractivity contribution in [1.29, 1.82) is 0 Å². The van der Waals surface area contributed by atoms with Gasteiger partial charge >= 0.3 is 12.1 Å². The predicted molar refractivity (Wildman–Crippen MR) is 46.6 cm³/mol. The molecule has 0 aromatic rings. The summed E-state index contributed by atoms with van der Waals surface area (Å²) in [5, 5.41) is 0. The Hall–Kier alpha value is -0.780. The van der Waals surface area contributed by atoms with Gasteiger partial charge in [-0.2, -0.15) is 13.2 Å². The molecule has 2 N–H and O–H groups in total. The van der Waals surface area contributed by atoms with Crippen LogP contribution < -0.4 is 5.73 Å². The van der Waals surface area contributed by atoms with E-state index in [9.17, 15) is 18.0 Å². The standard InChI is InChI=1S/C8H15F3N2O/c1-2-3-5-13(6-4-12)7(14)8(9,10)11/h2-6,12H2,1H3. The highest BCUT2D eigenvalue weighted by Crippen LogP contribution is 2.18. The zero-order chi connectivity index (χ0) is 11.2. The smallest absolute Gasteiger partial charge is 0.334 e. The first kappa shape index (κ1) is 13.2. The van der Waals surface area contributed by atoms with E-state index in [4.69, 9.17) is 5.73 Å². The van der Waals surface area contributed by atoms with Crippen LogP contribution >= 0.6 is 0 Å². The van der Waals surface area contributed by atoms with Crippen LogP contribution in [0.4, 0.5) is 13.2 Å². The van der Waals surface area contributed by atoms with E-state index in [1.165, 1.54) is 0 Å². The minimum absolute atomic E-state index is 0.0433. The molecule has 0 saturated carbocycles. The molecule has 0 aliphatic carbocycles. The summed E-state index contributed by atoms with van der Waals surface area (Å²) in [6, 6.07) is 0. The normalized spacial score (nSPS) is 11.5. The molecule has 84 valence electrons. The summed E-state index contributed by atoms with van der Waals surface area (Å²) in [4.78, 5) is 11.6. The van der Waals surface area contributed by atoms with Gasteiger partial charge in [0.05, 0.1) is 0 Å². The number of rotatable bonds is 5. The molecule has 0 saturated heterocycles. The first-order valence-electron chi connectivity index (χ1n) is 4.49. The van der Waals surface area contributed by atoms with E-state index in [1.807, 2.05) is 6.92 Å². The van der Waals surface area contributed by atoms with Crippen LogP contribution in [0.15, 0.2) is 0 Å². The van der Waals surface area contributed by atoms with Crippen molar-refractivity contribution >= 4 is 5.91 Å². The average molecular weight is 212 g/mol. The first-order chi connectivity index (χ1) is 6.43. The lowest BCUT2D eigenvalue weighted by Crippen LogP contribution is -2.43. The monoisotopic (exact) mass is 212 g/mol. The predicted octanol–water partition coefficient (Wildman–Crippen LogP) is 1.14. The summed E-state index contributed by atoms with van der Waals surface area (Å²) in [5.41, 5.74) is 5.12. The molecule has 0 unspecified atom stereocenters. The quantitative estimate of drug-likeness (QED) is 0.742. The number of hydrogen-bond donors (Lipinski definition) is 1. The van der Waals surface area contributed by atoms with Crippen molar-refractivity contribution in [1.82, 2.24) is 4.90 Å². The molecule has 0 spiro atoms. The fourth-order valence-corrected chi connectivity index (χ4v) is 0.999. The van der Waals surface area contributed by atoms with E-state index in [-0.39, 0.29) is 19.6 Å². The number of unbranched alkanes of at least 4 members (excludes halogenated alkanes) is 1. The van der Waals surface area contributed by atoms with Crippen LogP contribution in [-0.4, -0.2) is 36.6 Å². The van der Waals surface area contributed by atoms with Crippen molar-refractivity contribution in [3.8, 4) is 0 Å². The Morgan fingerprint density at radius 1 is 1.36 bits per heavy atom. The number of alkyl halides is 3. The third kappa shape index (κ3) is 4.45. The fourth-order valence-electron chi connectivity index (χ4n) is 0.999. The minimum Gasteiger partial charge on any atom is -0.334 e. The molecule has 6 heteroatoms. The Bertz CT molecular complexity index is 182. The lowest BCUT2D eigenvalue weighted by Gasteiger charge is -2.22. The largest absolute Gasteiger partial charge is 0.471 e. The van der Waals surface area contributed by atoms with Crippen molar-refractivity contribution in [2.24, 2.45) is 5.73 Å². The zero-order valence-electron chi connectivity index (χ0n) is 8.10. The molecule has 0 aromatic heterocycles. The van der Waals surface area contributed by atoms with Gasteiger partial charge in [0.1, 0.15) is 0 Å². The molecular weight excluding hydrogens is 197 g/mol. The summed E-state index contributed by atoms with van der Waals surface area (Å²) in [6.07, 6.45) is -3.49. The van der Waals surface area contributed by atoms with Crippen LogP contribution in [0.2, 0.25) is 0 Å². The highest BCUT2D eigenvalue weighted by Gasteiger charge is 2.41. The summed E-state index contributed by atoms with van der Waals surface area (Å²) in [5.74, 6) is -1.79. The summed E-state index contributed by atoms with van der Waals surface area (Å²) in [7, 11) is 0. The highest BCUT2D eigenvalue weighted by atomic mass is 19.4. The van der Waals surface area contributed by atoms with Crippen molar-refractivity contribution in [2.45, 2.75) is 25.9 Å². The molecule has 0 aromatic carbocycles. The number of nitrogens with two attached hydrogens (primary N) is 1. The number of hydrogen-bond acceptors (Lipinski definition) is 2. The van der Waals surface area contributed by atoms with Gasteiger partial charge in [-0.15, -0.1) is 0 Å². The van der Waals surface area contributed by atoms with Crippen LogP contribution in [-0.2, 0) is 4.79 Å². The van der Waals surface area contributed by atoms with Crippen LogP contribution in [0.25, 0.3) is 0 Å². The summed E-state index contributed by atoms with van der Waals surface area (Å²) >= 11 is 0. The molecule has 0 radical (unpaired) electrons. The van der Waals surface area contributed by atoms with Crippen molar-refractivity contribution in [2.75, 3.05) is 19.6 Å². The van der Waals surface area contributed by atoms with Crippen molar-refractivity contribution < 1.29 is 18.0 Å². The maximum Gasteiger partial charge on any atom is 0.471 e. The third-order valence-electron chi connectivity index (χ3n) is 1.71. The van der Waals surface area contributed by atoms with Gasteiger partial charge in [-0.1, -0.05) is 13.3 Å². The Labute approximate surface area is 81.1 Å². The Kier molecular flexibility index (Phi) is 5.52. The highest BCUT2D eigenvalue weighted by molar-refractivity contribution is 5.81. The number of carbonyl (C=O) groups excluding carboxylic acids is 1. The number of nitrogens with zero attached hydrogens (tertiary/aromatic N) is 1. The molecule has 0 aliphatic heterocycles. The third-order valence-corrected chi connectivity index (χ3v) is 1.71. The van der Waals surface area contributed by atoms with E-state index in [0.717, 1.165) is 11.3 Å². The molecule has 0 heterocycles. The maximum absolute atomic E-state index is 12.0. The molecule has 0 aliphatic rings. The zero-order valence-corrected chi connectivity index (χ0v) is 8.10. The molecule has 0 rings (SSSR count). The second kappa shape index (κ2) is 5.85. The molecule has 3 nitrogen and oxygen atoms in total. The summed E-state index contributed by atoms with van der Waals surface area (Å²) in [6.45, 7) is 1.97. The van der Waals surface area contributed by atoms with Crippen LogP contribution in [0.5, 0.6) is 0 Å². The van der Waals surface area contributed by atoms with Gasteiger partial charge in [0, 0.05) is 19.6 Å². The van der Waals surface area contributed by atoms with E-state index in [0.29, 0.717) is 6.42 Å². The molecule has 0 bridgehead atoms. The van der Waals surface area contributed by atoms with Gasteiger partial charge < -0.3 is 10.6 Å². The first-order valence-corrected chi connectivity index (χ1v) is 4.49. The van der Waals surface area contributed by atoms with E-state index < -0.39 is 12.1 Å². The lowest BCUT2D eigenvalue weighted by atomic mass is 10.3. The second-order valence-corrected chi connectivity index (χ2v) is 2.93. The summed E-state index contributed by atoms with van der Waals surface area (Å²) < 4.78 is 36.1. The van der Waals surface area contributed by atoms with Crippen LogP contribution in [0, 0.1) is 0 Å². The van der Waals surface area contributed by atoms with Gasteiger partial charge in [-0.05, 0) is 6.42 Å². The molecule has 0 atom stereocenters. The van der Waals surface area contributed by atoms with Gasteiger partial charge in [0.15, 0.2) is 0 Å². The topological polar surface area (TPSA) is 46.3 Å². The molecule has 1 amide bonds. The van der Waals surface area contributed by atoms with E-state index in [1.54, 1.807) is 0 Å². The van der Waals surface area contributed by atoms with Crippen LogP contribution in [0.3, 0.4) is 0 Å². The van der Waals surface area contributed by atoms with E-state index in [2.05, 4.69) is 0 Å². The van der Waals surface area contributed by atoms with Crippen molar-refractivity contribution in [3.63, 3.8) is 0 Å².